The Morgan fingerprint density at radius 3 is 2.29 bits per heavy atom. The van der Waals surface area contributed by atoms with E-state index in [1.807, 2.05) is 19.0 Å². The highest BCUT2D eigenvalue weighted by atomic mass is 19.4. The first kappa shape index (κ1) is 21.2. The van der Waals surface area contributed by atoms with Crippen LogP contribution in [0.4, 0.5) is 24.5 Å². The van der Waals surface area contributed by atoms with Gasteiger partial charge in [0.05, 0.1) is 11.7 Å². The van der Waals surface area contributed by atoms with Crippen LogP contribution in [-0.4, -0.2) is 37.6 Å². The maximum absolute atomic E-state index is 12.7. The van der Waals surface area contributed by atoms with Gasteiger partial charge in [-0.1, -0.05) is 18.2 Å². The molecular weight excluding hydrogens is 375 g/mol. The predicted octanol–water partition coefficient (Wildman–Crippen LogP) is 2.56. The second-order valence-corrected chi connectivity index (χ2v) is 6.24. The molecule has 1 atom stereocenters. The Hall–Kier alpha value is -3.07. The molecule has 2 amide bonds. The van der Waals surface area contributed by atoms with Crippen molar-refractivity contribution in [3.05, 3.63) is 59.7 Å². The molecule has 0 bridgehead atoms. The molecule has 2 aromatic carbocycles. The number of halogens is 3. The molecule has 0 aliphatic rings. The molecule has 0 spiro atoms. The number of hydrogen-bond acceptors (Lipinski definition) is 4. The van der Waals surface area contributed by atoms with E-state index in [2.05, 4.69) is 10.6 Å². The average Bonchev–Trinajstić information content (AvgIpc) is 2.65. The third-order valence-electron chi connectivity index (χ3n) is 3.90. The zero-order chi connectivity index (χ0) is 20.9. The van der Waals surface area contributed by atoms with Crippen molar-refractivity contribution >= 4 is 23.2 Å². The Morgan fingerprint density at radius 1 is 1.07 bits per heavy atom. The summed E-state index contributed by atoms with van der Waals surface area (Å²) in [5.41, 5.74) is 0.377. The number of amides is 2. The third-order valence-corrected chi connectivity index (χ3v) is 3.90. The molecule has 150 valence electrons. The van der Waals surface area contributed by atoms with Crippen LogP contribution in [0.5, 0.6) is 0 Å². The summed E-state index contributed by atoms with van der Waals surface area (Å²) in [5, 5.41) is 14.5. The smallest absolute Gasteiger partial charge is 0.387 e. The number of aliphatic hydroxyl groups excluding tert-OH is 1. The lowest BCUT2D eigenvalue weighted by Crippen LogP contribution is -2.37. The van der Waals surface area contributed by atoms with Crippen molar-refractivity contribution in [3.8, 4) is 0 Å². The SMILES string of the molecule is CN(C)c1ccc(C(O)CNC(=O)C(=O)Nc2cccc(C(F)(F)F)c2)cc1. The number of rotatable bonds is 5. The second-order valence-electron chi connectivity index (χ2n) is 6.24. The van der Waals surface area contributed by atoms with Crippen molar-refractivity contribution < 1.29 is 27.9 Å². The summed E-state index contributed by atoms with van der Waals surface area (Å²) in [6, 6.07) is 10.9. The van der Waals surface area contributed by atoms with Crippen LogP contribution in [0.3, 0.4) is 0 Å². The van der Waals surface area contributed by atoms with Crippen LogP contribution in [0, 0.1) is 0 Å². The fourth-order valence-corrected chi connectivity index (χ4v) is 2.34. The number of alkyl halides is 3. The van der Waals surface area contributed by atoms with E-state index < -0.39 is 29.7 Å². The normalized spacial score (nSPS) is 12.2. The van der Waals surface area contributed by atoms with E-state index >= 15 is 0 Å². The molecule has 2 aromatic rings. The number of aliphatic hydroxyl groups is 1. The molecule has 0 aliphatic heterocycles. The Balaban J connectivity index is 1.91. The minimum atomic E-state index is -4.56. The van der Waals surface area contributed by atoms with Gasteiger partial charge in [-0.2, -0.15) is 13.2 Å². The van der Waals surface area contributed by atoms with E-state index in [9.17, 15) is 27.9 Å². The molecule has 0 aromatic heterocycles. The average molecular weight is 395 g/mol. The first-order valence-electron chi connectivity index (χ1n) is 8.29. The Kier molecular flexibility index (Phi) is 6.63. The van der Waals surface area contributed by atoms with E-state index in [-0.39, 0.29) is 12.2 Å². The standard InChI is InChI=1S/C19H20F3N3O3/c1-25(2)15-8-6-12(7-9-15)16(26)11-23-17(27)18(28)24-14-5-3-4-13(10-14)19(20,21)22/h3-10,16,26H,11H2,1-2H3,(H,23,27)(H,24,28). The number of anilines is 2. The lowest BCUT2D eigenvalue weighted by molar-refractivity contribution is -0.137. The van der Waals surface area contributed by atoms with Crippen molar-refractivity contribution in [1.82, 2.24) is 5.32 Å². The van der Waals surface area contributed by atoms with Gasteiger partial charge in [-0.25, -0.2) is 0 Å². The largest absolute Gasteiger partial charge is 0.416 e. The van der Waals surface area contributed by atoms with Gasteiger partial charge >= 0.3 is 18.0 Å². The van der Waals surface area contributed by atoms with Gasteiger partial charge in [0.25, 0.3) is 0 Å². The molecule has 0 saturated carbocycles. The summed E-state index contributed by atoms with van der Waals surface area (Å²) in [5.74, 6) is -2.20. The van der Waals surface area contributed by atoms with Crippen LogP contribution < -0.4 is 15.5 Å². The number of carbonyl (C=O) groups excluding carboxylic acids is 2. The molecule has 0 saturated heterocycles. The van der Waals surface area contributed by atoms with E-state index in [1.54, 1.807) is 24.3 Å². The molecule has 2 rings (SSSR count). The van der Waals surface area contributed by atoms with Gasteiger partial charge in [0.15, 0.2) is 0 Å². The molecule has 3 N–H and O–H groups in total. The number of benzene rings is 2. The van der Waals surface area contributed by atoms with Crippen molar-refractivity contribution in [2.75, 3.05) is 30.9 Å². The lowest BCUT2D eigenvalue weighted by Gasteiger charge is -2.15. The van der Waals surface area contributed by atoms with E-state index in [0.29, 0.717) is 5.56 Å². The van der Waals surface area contributed by atoms with Crippen LogP contribution >= 0.6 is 0 Å². The summed E-state index contributed by atoms with van der Waals surface area (Å²) in [4.78, 5) is 25.6. The van der Waals surface area contributed by atoms with Gasteiger partial charge < -0.3 is 20.6 Å². The molecule has 0 radical (unpaired) electrons. The molecular formula is C19H20F3N3O3. The summed E-state index contributed by atoms with van der Waals surface area (Å²) >= 11 is 0. The molecule has 28 heavy (non-hydrogen) atoms. The van der Waals surface area contributed by atoms with Crippen LogP contribution in [0.25, 0.3) is 0 Å². The molecule has 6 nitrogen and oxygen atoms in total. The molecule has 0 fully saturated rings. The quantitative estimate of drug-likeness (QED) is 0.680. The van der Waals surface area contributed by atoms with Crippen LogP contribution in [0.15, 0.2) is 48.5 Å². The maximum atomic E-state index is 12.7. The number of hydrogen-bond donors (Lipinski definition) is 3. The maximum Gasteiger partial charge on any atom is 0.416 e. The Morgan fingerprint density at radius 2 is 1.71 bits per heavy atom. The first-order valence-corrected chi connectivity index (χ1v) is 8.29. The van der Waals surface area contributed by atoms with Crippen molar-refractivity contribution in [2.45, 2.75) is 12.3 Å². The summed E-state index contributed by atoms with van der Waals surface area (Å²) in [6.07, 6.45) is -5.60. The highest BCUT2D eigenvalue weighted by Crippen LogP contribution is 2.30. The minimum Gasteiger partial charge on any atom is -0.387 e. The highest BCUT2D eigenvalue weighted by molar-refractivity contribution is 6.39. The number of nitrogens with one attached hydrogen (secondary N) is 2. The first-order chi connectivity index (χ1) is 13.1. The van der Waals surface area contributed by atoms with Crippen molar-refractivity contribution in [3.63, 3.8) is 0 Å². The van der Waals surface area contributed by atoms with Crippen LogP contribution in [0.1, 0.15) is 17.2 Å². The third kappa shape index (κ3) is 5.71. The van der Waals surface area contributed by atoms with E-state index in [4.69, 9.17) is 0 Å². The summed E-state index contributed by atoms with van der Waals surface area (Å²) in [6.45, 7) is -0.226. The van der Waals surface area contributed by atoms with Gasteiger partial charge in [-0.05, 0) is 35.9 Å². The number of nitrogens with zero attached hydrogens (tertiary/aromatic N) is 1. The Labute approximate surface area is 160 Å². The van der Waals surface area contributed by atoms with Gasteiger partial charge in [-0.3, -0.25) is 9.59 Å². The van der Waals surface area contributed by atoms with Crippen LogP contribution in [0.2, 0.25) is 0 Å². The van der Waals surface area contributed by atoms with Gasteiger partial charge in [0, 0.05) is 32.0 Å². The Bertz CT molecular complexity index is 836. The van der Waals surface area contributed by atoms with Gasteiger partial charge in [0.2, 0.25) is 0 Å². The van der Waals surface area contributed by atoms with E-state index in [1.165, 1.54) is 6.07 Å². The molecule has 1 unspecified atom stereocenters. The zero-order valence-corrected chi connectivity index (χ0v) is 15.2. The minimum absolute atomic E-state index is 0.158. The van der Waals surface area contributed by atoms with Crippen molar-refractivity contribution in [2.24, 2.45) is 0 Å². The van der Waals surface area contributed by atoms with E-state index in [0.717, 1.165) is 23.9 Å². The fourth-order valence-electron chi connectivity index (χ4n) is 2.34. The molecule has 9 heteroatoms. The second kappa shape index (κ2) is 8.75. The lowest BCUT2D eigenvalue weighted by atomic mass is 10.1. The highest BCUT2D eigenvalue weighted by Gasteiger charge is 2.30. The van der Waals surface area contributed by atoms with Gasteiger partial charge in [0.1, 0.15) is 0 Å². The number of carbonyl (C=O) groups is 2. The monoisotopic (exact) mass is 395 g/mol. The van der Waals surface area contributed by atoms with Crippen molar-refractivity contribution in [1.29, 1.82) is 0 Å². The van der Waals surface area contributed by atoms with Gasteiger partial charge in [-0.15, -0.1) is 0 Å². The fraction of sp³-hybridized carbons (Fsp3) is 0.263. The summed E-state index contributed by atoms with van der Waals surface area (Å²) < 4.78 is 38.0. The topological polar surface area (TPSA) is 81.7 Å². The zero-order valence-electron chi connectivity index (χ0n) is 15.2. The summed E-state index contributed by atoms with van der Waals surface area (Å²) in [7, 11) is 3.74. The predicted molar refractivity (Wildman–Crippen MR) is 98.8 cm³/mol. The molecule has 0 heterocycles. The molecule has 0 aliphatic carbocycles. The van der Waals surface area contributed by atoms with Crippen LogP contribution in [-0.2, 0) is 15.8 Å².